The predicted octanol–water partition coefficient (Wildman–Crippen LogP) is 5.08. The van der Waals surface area contributed by atoms with Crippen molar-refractivity contribution in [2.75, 3.05) is 11.9 Å². The standard InChI is InChI=1S/C23H19Cl2N3O3/c1-15-2-7-18(8-3-15)27-22(29)14-31-19-9-4-16(5-10-19)13-26-28-23(30)20-11-6-17(24)12-21(20)25/h2-13H,14H2,1H3,(H,27,29)(H,28,30)/b26-13-. The van der Waals surface area contributed by atoms with E-state index in [1.165, 1.54) is 18.3 Å². The van der Waals surface area contributed by atoms with Crippen LogP contribution in [0.5, 0.6) is 5.75 Å². The number of carbonyl (C=O) groups excluding carboxylic acids is 2. The zero-order chi connectivity index (χ0) is 22.2. The molecule has 0 saturated carbocycles. The second kappa shape index (κ2) is 10.6. The summed E-state index contributed by atoms with van der Waals surface area (Å²) in [4.78, 5) is 24.1. The molecule has 0 spiro atoms. The van der Waals surface area contributed by atoms with Gasteiger partial charge in [0.1, 0.15) is 5.75 Å². The van der Waals surface area contributed by atoms with Gasteiger partial charge in [0, 0.05) is 10.7 Å². The van der Waals surface area contributed by atoms with Crippen LogP contribution in [-0.2, 0) is 4.79 Å². The molecule has 2 amide bonds. The summed E-state index contributed by atoms with van der Waals surface area (Å²) in [6, 6.07) is 19.0. The summed E-state index contributed by atoms with van der Waals surface area (Å²) in [6.07, 6.45) is 1.48. The third-order valence-electron chi connectivity index (χ3n) is 4.14. The molecule has 0 fully saturated rings. The molecule has 0 aliphatic carbocycles. The van der Waals surface area contributed by atoms with Gasteiger partial charge in [0.25, 0.3) is 11.8 Å². The smallest absolute Gasteiger partial charge is 0.272 e. The van der Waals surface area contributed by atoms with E-state index in [0.29, 0.717) is 16.5 Å². The zero-order valence-corrected chi connectivity index (χ0v) is 18.1. The molecule has 0 radical (unpaired) electrons. The van der Waals surface area contributed by atoms with Gasteiger partial charge >= 0.3 is 0 Å². The molecule has 8 heteroatoms. The highest BCUT2D eigenvalue weighted by Gasteiger charge is 2.09. The highest BCUT2D eigenvalue weighted by Crippen LogP contribution is 2.20. The third-order valence-corrected chi connectivity index (χ3v) is 4.69. The maximum atomic E-state index is 12.1. The Hall–Kier alpha value is -3.35. The van der Waals surface area contributed by atoms with Crippen molar-refractivity contribution in [2.45, 2.75) is 6.92 Å². The zero-order valence-electron chi connectivity index (χ0n) is 16.6. The first kappa shape index (κ1) is 22.3. The van der Waals surface area contributed by atoms with Crippen molar-refractivity contribution < 1.29 is 14.3 Å². The van der Waals surface area contributed by atoms with Crippen LogP contribution in [0.1, 0.15) is 21.5 Å². The van der Waals surface area contributed by atoms with Crippen LogP contribution in [0.2, 0.25) is 10.0 Å². The first-order chi connectivity index (χ1) is 14.9. The lowest BCUT2D eigenvalue weighted by atomic mass is 10.2. The number of aryl methyl sites for hydroxylation is 1. The van der Waals surface area contributed by atoms with E-state index >= 15 is 0 Å². The van der Waals surface area contributed by atoms with Crippen LogP contribution >= 0.6 is 23.2 Å². The minimum atomic E-state index is -0.447. The maximum Gasteiger partial charge on any atom is 0.272 e. The summed E-state index contributed by atoms with van der Waals surface area (Å²) < 4.78 is 5.49. The number of rotatable bonds is 7. The van der Waals surface area contributed by atoms with Gasteiger partial charge in [-0.3, -0.25) is 9.59 Å². The fourth-order valence-electron chi connectivity index (χ4n) is 2.53. The van der Waals surface area contributed by atoms with E-state index in [-0.39, 0.29) is 23.1 Å². The fraction of sp³-hybridized carbons (Fsp3) is 0.0870. The monoisotopic (exact) mass is 455 g/mol. The number of ether oxygens (including phenoxy) is 1. The van der Waals surface area contributed by atoms with Gasteiger partial charge < -0.3 is 10.1 Å². The van der Waals surface area contributed by atoms with Crippen molar-refractivity contribution in [2.24, 2.45) is 5.10 Å². The van der Waals surface area contributed by atoms with E-state index in [1.54, 1.807) is 30.3 Å². The van der Waals surface area contributed by atoms with Crippen LogP contribution in [0, 0.1) is 6.92 Å². The molecule has 0 saturated heterocycles. The number of nitrogens with zero attached hydrogens (tertiary/aromatic N) is 1. The van der Waals surface area contributed by atoms with Crippen molar-refractivity contribution in [3.05, 3.63) is 93.5 Å². The number of hydrogen-bond donors (Lipinski definition) is 2. The minimum Gasteiger partial charge on any atom is -0.484 e. The maximum absolute atomic E-state index is 12.1. The highest BCUT2D eigenvalue weighted by atomic mass is 35.5. The molecule has 31 heavy (non-hydrogen) atoms. The lowest BCUT2D eigenvalue weighted by Gasteiger charge is -2.08. The molecule has 3 rings (SSSR count). The number of amides is 2. The SMILES string of the molecule is Cc1ccc(NC(=O)COc2ccc(/C=N\NC(=O)c3ccc(Cl)cc3Cl)cc2)cc1. The van der Waals surface area contributed by atoms with Gasteiger partial charge in [-0.2, -0.15) is 5.10 Å². The Morgan fingerprint density at radius 2 is 1.71 bits per heavy atom. The largest absolute Gasteiger partial charge is 0.484 e. The molecular formula is C23H19Cl2N3O3. The number of benzene rings is 3. The van der Waals surface area contributed by atoms with E-state index in [1.807, 2.05) is 31.2 Å². The summed E-state index contributed by atoms with van der Waals surface area (Å²) in [5.74, 6) is -0.163. The van der Waals surface area contributed by atoms with Crippen LogP contribution in [0.3, 0.4) is 0 Å². The molecule has 0 aliphatic heterocycles. The number of hydrogen-bond acceptors (Lipinski definition) is 4. The summed E-state index contributed by atoms with van der Waals surface area (Å²) in [5, 5.41) is 7.37. The van der Waals surface area contributed by atoms with E-state index < -0.39 is 5.91 Å². The number of carbonyl (C=O) groups is 2. The normalized spacial score (nSPS) is 10.7. The molecule has 158 valence electrons. The van der Waals surface area contributed by atoms with Crippen molar-refractivity contribution >= 4 is 46.9 Å². The van der Waals surface area contributed by atoms with Crippen LogP contribution in [0.15, 0.2) is 71.8 Å². The lowest BCUT2D eigenvalue weighted by Crippen LogP contribution is -2.20. The quantitative estimate of drug-likeness (QED) is 0.384. The number of nitrogens with one attached hydrogen (secondary N) is 2. The Kier molecular flexibility index (Phi) is 7.65. The Morgan fingerprint density at radius 1 is 1.00 bits per heavy atom. The number of anilines is 1. The number of hydrazone groups is 1. The van der Waals surface area contributed by atoms with Crippen molar-refractivity contribution in [3.8, 4) is 5.75 Å². The van der Waals surface area contributed by atoms with E-state index in [9.17, 15) is 9.59 Å². The van der Waals surface area contributed by atoms with Crippen LogP contribution in [0.4, 0.5) is 5.69 Å². The lowest BCUT2D eigenvalue weighted by molar-refractivity contribution is -0.118. The van der Waals surface area contributed by atoms with Gasteiger partial charge in [0.15, 0.2) is 6.61 Å². The fourth-order valence-corrected chi connectivity index (χ4v) is 3.03. The van der Waals surface area contributed by atoms with Crippen LogP contribution < -0.4 is 15.5 Å². The van der Waals surface area contributed by atoms with Crippen molar-refractivity contribution in [1.82, 2.24) is 5.43 Å². The molecule has 6 nitrogen and oxygen atoms in total. The van der Waals surface area contributed by atoms with E-state index in [2.05, 4.69) is 15.8 Å². The van der Waals surface area contributed by atoms with Gasteiger partial charge in [0.2, 0.25) is 0 Å². The predicted molar refractivity (Wildman–Crippen MR) is 123 cm³/mol. The molecule has 0 unspecified atom stereocenters. The minimum absolute atomic E-state index is 0.112. The summed E-state index contributed by atoms with van der Waals surface area (Å²) >= 11 is 11.8. The van der Waals surface area contributed by atoms with E-state index in [0.717, 1.165) is 11.1 Å². The van der Waals surface area contributed by atoms with Gasteiger partial charge in [-0.05, 0) is 67.1 Å². The molecular weight excluding hydrogens is 437 g/mol. The topological polar surface area (TPSA) is 79.8 Å². The average Bonchev–Trinajstić information content (AvgIpc) is 2.75. The first-order valence-corrected chi connectivity index (χ1v) is 10.0. The van der Waals surface area contributed by atoms with Crippen LogP contribution in [-0.4, -0.2) is 24.6 Å². The first-order valence-electron chi connectivity index (χ1n) is 9.28. The summed E-state index contributed by atoms with van der Waals surface area (Å²) in [5.41, 5.74) is 5.25. The highest BCUT2D eigenvalue weighted by molar-refractivity contribution is 6.36. The Labute approximate surface area is 189 Å². The average molecular weight is 456 g/mol. The Balaban J connectivity index is 1.47. The Morgan fingerprint density at radius 3 is 2.39 bits per heavy atom. The molecule has 0 atom stereocenters. The van der Waals surface area contributed by atoms with Gasteiger partial charge in [-0.15, -0.1) is 0 Å². The van der Waals surface area contributed by atoms with E-state index in [4.69, 9.17) is 27.9 Å². The second-order valence-corrected chi connectivity index (χ2v) is 7.44. The van der Waals surface area contributed by atoms with Gasteiger partial charge in [0.05, 0.1) is 16.8 Å². The second-order valence-electron chi connectivity index (χ2n) is 6.60. The van der Waals surface area contributed by atoms with Crippen LogP contribution in [0.25, 0.3) is 0 Å². The molecule has 3 aromatic carbocycles. The molecule has 0 aliphatic rings. The van der Waals surface area contributed by atoms with Gasteiger partial charge in [-0.1, -0.05) is 40.9 Å². The Bertz CT molecular complexity index is 1100. The molecule has 0 heterocycles. The molecule has 3 aromatic rings. The molecule has 0 aromatic heterocycles. The summed E-state index contributed by atoms with van der Waals surface area (Å²) in [6.45, 7) is 1.87. The number of halogens is 2. The molecule has 0 bridgehead atoms. The van der Waals surface area contributed by atoms with Gasteiger partial charge in [-0.25, -0.2) is 5.43 Å². The molecule has 2 N–H and O–H groups in total. The summed E-state index contributed by atoms with van der Waals surface area (Å²) in [7, 11) is 0. The van der Waals surface area contributed by atoms with Crippen molar-refractivity contribution in [3.63, 3.8) is 0 Å². The third kappa shape index (κ3) is 6.84. The van der Waals surface area contributed by atoms with Crippen molar-refractivity contribution in [1.29, 1.82) is 0 Å².